The van der Waals surface area contributed by atoms with Gasteiger partial charge in [0.25, 0.3) is 11.8 Å². The van der Waals surface area contributed by atoms with E-state index >= 15 is 0 Å². The van der Waals surface area contributed by atoms with E-state index in [4.69, 9.17) is 10.5 Å². The molecule has 1 fully saturated rings. The molecular weight excluding hydrogens is 378 g/mol. The zero-order valence-corrected chi connectivity index (χ0v) is 16.8. The van der Waals surface area contributed by atoms with Crippen molar-refractivity contribution in [2.75, 3.05) is 32.8 Å². The molecular formula is C24H26N3O3+. The molecule has 0 aliphatic carbocycles. The summed E-state index contributed by atoms with van der Waals surface area (Å²) in [7, 11) is 0. The molecule has 1 aliphatic rings. The molecule has 0 saturated carbocycles. The quantitative estimate of drug-likeness (QED) is 0.649. The van der Waals surface area contributed by atoms with E-state index in [0.29, 0.717) is 11.3 Å². The van der Waals surface area contributed by atoms with Gasteiger partial charge in [0.15, 0.2) is 6.61 Å². The van der Waals surface area contributed by atoms with Crippen LogP contribution in [0, 0.1) is 0 Å². The minimum Gasteiger partial charge on any atom is -0.484 e. The molecule has 0 aromatic heterocycles. The molecule has 1 aliphatic heterocycles. The highest BCUT2D eigenvalue weighted by atomic mass is 16.5. The summed E-state index contributed by atoms with van der Waals surface area (Å²) < 4.78 is 5.25. The second-order valence-corrected chi connectivity index (χ2v) is 7.64. The van der Waals surface area contributed by atoms with Crippen LogP contribution in [0.4, 0.5) is 0 Å². The van der Waals surface area contributed by atoms with Gasteiger partial charge in [-0.1, -0.05) is 42.5 Å². The van der Waals surface area contributed by atoms with Crippen molar-refractivity contribution < 1.29 is 19.2 Å². The van der Waals surface area contributed by atoms with Crippen LogP contribution in [0.3, 0.4) is 0 Å². The number of carbonyl (C=O) groups excluding carboxylic acids is 2. The van der Waals surface area contributed by atoms with Crippen LogP contribution in [0.5, 0.6) is 5.75 Å². The minimum atomic E-state index is -0.529. The van der Waals surface area contributed by atoms with Crippen molar-refractivity contribution in [3.63, 3.8) is 0 Å². The summed E-state index contributed by atoms with van der Waals surface area (Å²) in [4.78, 5) is 27.0. The molecule has 6 nitrogen and oxygen atoms in total. The fourth-order valence-electron chi connectivity index (χ4n) is 3.95. The Hall–Kier alpha value is -3.38. The van der Waals surface area contributed by atoms with Crippen molar-refractivity contribution in [2.45, 2.75) is 6.54 Å². The van der Waals surface area contributed by atoms with E-state index in [1.807, 2.05) is 4.90 Å². The molecule has 0 atom stereocenters. The molecule has 0 radical (unpaired) electrons. The topological polar surface area (TPSA) is 77.1 Å². The van der Waals surface area contributed by atoms with Crippen molar-refractivity contribution >= 4 is 22.6 Å². The van der Waals surface area contributed by atoms with Crippen molar-refractivity contribution in [1.82, 2.24) is 4.90 Å². The van der Waals surface area contributed by atoms with Gasteiger partial charge in [-0.3, -0.25) is 9.59 Å². The van der Waals surface area contributed by atoms with Crippen LogP contribution < -0.4 is 15.4 Å². The number of nitrogens with one attached hydrogen (secondary N) is 1. The monoisotopic (exact) mass is 404 g/mol. The molecule has 30 heavy (non-hydrogen) atoms. The first-order valence-corrected chi connectivity index (χ1v) is 10.2. The lowest BCUT2D eigenvalue weighted by atomic mass is 10.0. The van der Waals surface area contributed by atoms with E-state index in [-0.39, 0.29) is 12.5 Å². The molecule has 0 unspecified atom stereocenters. The highest BCUT2D eigenvalue weighted by Gasteiger charge is 2.25. The smallest absolute Gasteiger partial charge is 0.255 e. The summed E-state index contributed by atoms with van der Waals surface area (Å²) in [5, 5.41) is 2.58. The Labute approximate surface area is 175 Å². The number of primary amides is 1. The second kappa shape index (κ2) is 8.97. The lowest BCUT2D eigenvalue weighted by molar-refractivity contribution is -0.917. The molecule has 0 bridgehead atoms. The van der Waals surface area contributed by atoms with Gasteiger partial charge >= 0.3 is 0 Å². The summed E-state index contributed by atoms with van der Waals surface area (Å²) >= 11 is 0. The molecule has 4 rings (SSSR count). The first kappa shape index (κ1) is 19.9. The average Bonchev–Trinajstić information content (AvgIpc) is 2.78. The number of carbonyl (C=O) groups is 2. The maximum absolute atomic E-state index is 12.8. The van der Waals surface area contributed by atoms with Crippen molar-refractivity contribution in [3.8, 4) is 5.75 Å². The van der Waals surface area contributed by atoms with Crippen molar-refractivity contribution in [2.24, 2.45) is 5.73 Å². The number of nitrogens with two attached hydrogens (primary N) is 1. The van der Waals surface area contributed by atoms with Crippen LogP contribution in [-0.4, -0.2) is 49.5 Å². The number of piperazine rings is 1. The minimum absolute atomic E-state index is 0.0284. The fraction of sp³-hybridized carbons (Fsp3) is 0.250. The average molecular weight is 404 g/mol. The number of nitrogens with zero attached hydrogens (tertiary/aromatic N) is 1. The molecule has 1 heterocycles. The number of rotatable bonds is 6. The molecule has 3 N–H and O–H groups in total. The van der Waals surface area contributed by atoms with Crippen molar-refractivity contribution in [1.29, 1.82) is 0 Å². The van der Waals surface area contributed by atoms with Crippen molar-refractivity contribution in [3.05, 3.63) is 77.9 Å². The first-order chi connectivity index (χ1) is 14.6. The van der Waals surface area contributed by atoms with Crippen LogP contribution >= 0.6 is 0 Å². The van der Waals surface area contributed by atoms with Gasteiger partial charge in [-0.2, -0.15) is 0 Å². The van der Waals surface area contributed by atoms with Gasteiger partial charge < -0.3 is 20.3 Å². The Morgan fingerprint density at radius 2 is 1.63 bits per heavy atom. The number of fused-ring (bicyclic) bond motifs is 1. The Bertz CT molecular complexity index is 1040. The summed E-state index contributed by atoms with van der Waals surface area (Å²) in [5.41, 5.74) is 7.06. The predicted octanol–water partition coefficient (Wildman–Crippen LogP) is 1.24. The highest BCUT2D eigenvalue weighted by molar-refractivity contribution is 5.94. The van der Waals surface area contributed by atoms with Gasteiger partial charge in [0.2, 0.25) is 0 Å². The van der Waals surface area contributed by atoms with E-state index in [0.717, 1.165) is 32.7 Å². The normalized spacial score (nSPS) is 14.6. The zero-order chi connectivity index (χ0) is 20.9. The molecule has 154 valence electrons. The van der Waals surface area contributed by atoms with Gasteiger partial charge in [0, 0.05) is 11.1 Å². The molecule has 1 saturated heterocycles. The summed E-state index contributed by atoms with van der Waals surface area (Å²) in [6.07, 6.45) is 0. The molecule has 0 spiro atoms. The summed E-state index contributed by atoms with van der Waals surface area (Å²) in [5.74, 6) is 0.0226. The largest absolute Gasteiger partial charge is 0.484 e. The maximum atomic E-state index is 12.8. The third-order valence-electron chi connectivity index (χ3n) is 5.56. The zero-order valence-electron chi connectivity index (χ0n) is 16.8. The molecule has 6 heteroatoms. The second-order valence-electron chi connectivity index (χ2n) is 7.64. The van der Waals surface area contributed by atoms with Gasteiger partial charge in [-0.05, 0) is 35.0 Å². The SMILES string of the molecule is NC(=O)COc1ccc(C(=O)N2CC[NH+](Cc3cccc4ccccc34)CC2)cc1. The predicted molar refractivity (Wildman–Crippen MR) is 115 cm³/mol. The van der Waals surface area contributed by atoms with Crippen LogP contribution in [-0.2, 0) is 11.3 Å². The Kier molecular flexibility index (Phi) is 5.95. The standard InChI is InChI=1S/C24H25N3O3/c25-23(28)17-30-21-10-8-19(9-11-21)24(29)27-14-12-26(13-15-27)16-20-6-3-5-18-4-1-2-7-22(18)20/h1-11H,12-17H2,(H2,25,28)/p+1. The lowest BCUT2D eigenvalue weighted by Gasteiger charge is -2.32. The van der Waals surface area contributed by atoms with Crippen LogP contribution in [0.1, 0.15) is 15.9 Å². The molecule has 3 aromatic carbocycles. The van der Waals surface area contributed by atoms with E-state index in [9.17, 15) is 9.59 Å². The maximum Gasteiger partial charge on any atom is 0.255 e. The number of quaternary nitrogens is 1. The molecule has 2 amide bonds. The Morgan fingerprint density at radius 3 is 2.37 bits per heavy atom. The third-order valence-corrected chi connectivity index (χ3v) is 5.56. The van der Waals surface area contributed by atoms with Crippen LogP contribution in [0.25, 0.3) is 10.8 Å². The van der Waals surface area contributed by atoms with E-state index in [2.05, 4.69) is 42.5 Å². The first-order valence-electron chi connectivity index (χ1n) is 10.2. The van der Waals surface area contributed by atoms with E-state index in [1.54, 1.807) is 24.3 Å². The fourth-order valence-corrected chi connectivity index (χ4v) is 3.95. The number of amides is 2. The highest BCUT2D eigenvalue weighted by Crippen LogP contribution is 2.18. The summed E-state index contributed by atoms with van der Waals surface area (Å²) in [6.45, 7) is 4.12. The van der Waals surface area contributed by atoms with E-state index < -0.39 is 5.91 Å². The summed E-state index contributed by atoms with van der Waals surface area (Å²) in [6, 6.07) is 21.8. The Morgan fingerprint density at radius 1 is 0.933 bits per heavy atom. The molecule has 3 aromatic rings. The number of benzene rings is 3. The van der Waals surface area contributed by atoms with Gasteiger partial charge in [-0.25, -0.2) is 0 Å². The van der Waals surface area contributed by atoms with E-state index in [1.165, 1.54) is 21.2 Å². The van der Waals surface area contributed by atoms with Gasteiger partial charge in [0.05, 0.1) is 26.2 Å². The number of hydrogen-bond donors (Lipinski definition) is 2. The lowest BCUT2D eigenvalue weighted by Crippen LogP contribution is -3.13. The number of hydrogen-bond acceptors (Lipinski definition) is 3. The van der Waals surface area contributed by atoms with Gasteiger partial charge in [0.1, 0.15) is 12.3 Å². The third kappa shape index (κ3) is 4.60. The Balaban J connectivity index is 1.34. The van der Waals surface area contributed by atoms with Crippen LogP contribution in [0.15, 0.2) is 66.7 Å². The number of ether oxygens (including phenoxy) is 1. The van der Waals surface area contributed by atoms with Gasteiger partial charge in [-0.15, -0.1) is 0 Å². The van der Waals surface area contributed by atoms with Crippen LogP contribution in [0.2, 0.25) is 0 Å².